The third kappa shape index (κ3) is 1.50. The molecule has 2 heterocycles. The van der Waals surface area contributed by atoms with Gasteiger partial charge in [0.2, 0.25) is 23.6 Å². The number of carbonyl (C=O) groups excluding carboxylic acids is 4. The van der Waals surface area contributed by atoms with Gasteiger partial charge in [-0.15, -0.1) is 0 Å². The van der Waals surface area contributed by atoms with E-state index in [1.807, 2.05) is 0 Å². The molecular formula is C16H20N2O4. The maximum Gasteiger partial charge on any atom is 0.234 e. The van der Waals surface area contributed by atoms with Crippen LogP contribution in [0.15, 0.2) is 0 Å². The second-order valence-corrected chi connectivity index (χ2v) is 7.30. The summed E-state index contributed by atoms with van der Waals surface area (Å²) in [5.74, 6) is -2.74. The number of amides is 4. The van der Waals surface area contributed by atoms with Crippen molar-refractivity contribution in [3.63, 3.8) is 0 Å². The predicted octanol–water partition coefficient (Wildman–Crippen LogP) is 0.411. The van der Waals surface area contributed by atoms with Gasteiger partial charge in [-0.1, -0.05) is 6.92 Å². The highest BCUT2D eigenvalue weighted by molar-refractivity contribution is 6.17. The molecule has 0 aromatic carbocycles. The Balaban J connectivity index is 1.60. The molecule has 4 rings (SSSR count). The Morgan fingerprint density at radius 3 is 1.59 bits per heavy atom. The van der Waals surface area contributed by atoms with Gasteiger partial charge >= 0.3 is 0 Å². The van der Waals surface area contributed by atoms with Gasteiger partial charge in [0.1, 0.15) is 0 Å². The summed E-state index contributed by atoms with van der Waals surface area (Å²) in [6.07, 6.45) is 3.72. The first-order valence-electron chi connectivity index (χ1n) is 8.11. The van der Waals surface area contributed by atoms with Crippen LogP contribution in [0.3, 0.4) is 0 Å². The summed E-state index contributed by atoms with van der Waals surface area (Å²) in [7, 11) is 1.44. The number of imide groups is 2. The smallest absolute Gasteiger partial charge is 0.234 e. The van der Waals surface area contributed by atoms with Crippen molar-refractivity contribution in [2.24, 2.45) is 29.6 Å². The maximum atomic E-state index is 12.7. The molecule has 6 heteroatoms. The van der Waals surface area contributed by atoms with Crippen LogP contribution in [0.2, 0.25) is 0 Å². The molecule has 4 atom stereocenters. The maximum absolute atomic E-state index is 12.7. The number of carbonyl (C=O) groups is 4. The Hall–Kier alpha value is -1.72. The van der Waals surface area contributed by atoms with Crippen molar-refractivity contribution >= 4 is 23.6 Å². The molecule has 4 fully saturated rings. The number of hydrogen-bond donors (Lipinski definition) is 0. The zero-order valence-corrected chi connectivity index (χ0v) is 12.8. The van der Waals surface area contributed by atoms with E-state index in [-0.39, 0.29) is 29.7 Å². The molecule has 0 spiro atoms. The summed E-state index contributed by atoms with van der Waals surface area (Å²) >= 11 is 0. The lowest BCUT2D eigenvalue weighted by molar-refractivity contribution is -0.146. The molecule has 6 nitrogen and oxygen atoms in total. The first kappa shape index (κ1) is 13.9. The van der Waals surface area contributed by atoms with Gasteiger partial charge in [0.25, 0.3) is 0 Å². The molecule has 2 aliphatic carbocycles. The zero-order valence-electron chi connectivity index (χ0n) is 12.8. The lowest BCUT2D eigenvalue weighted by Gasteiger charge is -2.36. The summed E-state index contributed by atoms with van der Waals surface area (Å²) in [5.41, 5.74) is 0. The van der Waals surface area contributed by atoms with E-state index in [0.717, 1.165) is 30.6 Å². The van der Waals surface area contributed by atoms with E-state index in [0.29, 0.717) is 5.92 Å². The van der Waals surface area contributed by atoms with Crippen molar-refractivity contribution in [3.05, 3.63) is 0 Å². The van der Waals surface area contributed by atoms with E-state index in [2.05, 4.69) is 6.92 Å². The van der Waals surface area contributed by atoms with Gasteiger partial charge in [0.15, 0.2) is 0 Å². The molecular weight excluding hydrogens is 284 g/mol. The van der Waals surface area contributed by atoms with Crippen LogP contribution < -0.4 is 0 Å². The molecule has 4 aliphatic rings. The molecule has 2 aliphatic heterocycles. The minimum atomic E-state index is -0.591. The number of likely N-dealkylation sites (tertiary alicyclic amines) is 2. The second kappa shape index (κ2) is 4.40. The summed E-state index contributed by atoms with van der Waals surface area (Å²) in [6, 6.07) is -0.0366. The molecule has 2 saturated heterocycles. The van der Waals surface area contributed by atoms with Gasteiger partial charge in [0.05, 0.1) is 23.7 Å². The fraction of sp³-hybridized carbons (Fsp3) is 0.750. The highest BCUT2D eigenvalue weighted by atomic mass is 16.2. The molecule has 0 radical (unpaired) electrons. The van der Waals surface area contributed by atoms with Gasteiger partial charge in [-0.2, -0.15) is 0 Å². The minimum Gasteiger partial charge on any atom is -0.285 e. The lowest BCUT2D eigenvalue weighted by Crippen LogP contribution is -2.50. The van der Waals surface area contributed by atoms with Crippen LogP contribution in [0.5, 0.6) is 0 Å². The van der Waals surface area contributed by atoms with Crippen LogP contribution in [0.4, 0.5) is 0 Å². The van der Waals surface area contributed by atoms with E-state index < -0.39 is 23.7 Å². The van der Waals surface area contributed by atoms with Crippen LogP contribution in [0.25, 0.3) is 0 Å². The average Bonchev–Trinajstić information content (AvgIpc) is 2.76. The molecule has 4 unspecified atom stereocenters. The Labute approximate surface area is 128 Å². The van der Waals surface area contributed by atoms with Crippen molar-refractivity contribution in [1.82, 2.24) is 9.80 Å². The van der Waals surface area contributed by atoms with Crippen LogP contribution >= 0.6 is 0 Å². The minimum absolute atomic E-state index is 0.0366. The van der Waals surface area contributed by atoms with Gasteiger partial charge in [0, 0.05) is 13.1 Å². The van der Waals surface area contributed by atoms with E-state index in [1.165, 1.54) is 11.9 Å². The van der Waals surface area contributed by atoms with Crippen molar-refractivity contribution in [2.75, 3.05) is 7.05 Å². The van der Waals surface area contributed by atoms with Gasteiger partial charge in [-0.05, 0) is 31.6 Å². The molecule has 4 amide bonds. The van der Waals surface area contributed by atoms with E-state index in [1.54, 1.807) is 0 Å². The van der Waals surface area contributed by atoms with Crippen LogP contribution in [0, 0.1) is 29.6 Å². The number of fused-ring (bicyclic) bond motifs is 4. The Bertz CT molecular complexity index is 553. The number of hydrogen-bond acceptors (Lipinski definition) is 4. The van der Waals surface area contributed by atoms with Crippen LogP contribution in [-0.4, -0.2) is 46.5 Å². The number of nitrogens with zero attached hydrogens (tertiary/aromatic N) is 2. The Morgan fingerprint density at radius 1 is 0.727 bits per heavy atom. The molecule has 0 bridgehead atoms. The van der Waals surface area contributed by atoms with Crippen LogP contribution in [0.1, 0.15) is 32.6 Å². The topological polar surface area (TPSA) is 74.8 Å². The standard InChI is InChI=1S/C16H20N2O4/c1-7-3-5-8(6-4-7)18-15(21)11-9-10(12(11)16(18)22)14(20)17(2)13(9)19/h7-12H,3-6H2,1-2H3. The first-order valence-corrected chi connectivity index (χ1v) is 8.11. The fourth-order valence-electron chi connectivity index (χ4n) is 4.82. The highest BCUT2D eigenvalue weighted by Gasteiger charge is 2.73. The highest BCUT2D eigenvalue weighted by Crippen LogP contribution is 2.56. The first-order chi connectivity index (χ1) is 10.4. The Morgan fingerprint density at radius 2 is 1.14 bits per heavy atom. The molecule has 0 aromatic rings. The summed E-state index contributed by atoms with van der Waals surface area (Å²) in [6.45, 7) is 2.19. The van der Waals surface area contributed by atoms with Crippen LogP contribution in [-0.2, 0) is 19.2 Å². The van der Waals surface area contributed by atoms with E-state index in [9.17, 15) is 19.2 Å². The largest absolute Gasteiger partial charge is 0.285 e. The third-order valence-electron chi connectivity index (χ3n) is 6.17. The number of rotatable bonds is 1. The van der Waals surface area contributed by atoms with Gasteiger partial charge in [-0.25, -0.2) is 0 Å². The quantitative estimate of drug-likeness (QED) is 0.658. The van der Waals surface area contributed by atoms with Crippen molar-refractivity contribution in [2.45, 2.75) is 38.6 Å². The molecule has 0 N–H and O–H groups in total. The van der Waals surface area contributed by atoms with Gasteiger partial charge < -0.3 is 0 Å². The average molecular weight is 304 g/mol. The zero-order chi connectivity index (χ0) is 15.8. The summed E-state index contributed by atoms with van der Waals surface area (Å²) in [4.78, 5) is 52.1. The van der Waals surface area contributed by atoms with Gasteiger partial charge in [-0.3, -0.25) is 29.0 Å². The summed E-state index contributed by atoms with van der Waals surface area (Å²) < 4.78 is 0. The van der Waals surface area contributed by atoms with Crippen molar-refractivity contribution in [3.8, 4) is 0 Å². The normalized spacial score (nSPS) is 44.3. The molecule has 118 valence electrons. The Kier molecular flexibility index (Phi) is 2.78. The predicted molar refractivity (Wildman–Crippen MR) is 75.0 cm³/mol. The van der Waals surface area contributed by atoms with E-state index in [4.69, 9.17) is 0 Å². The molecule has 22 heavy (non-hydrogen) atoms. The third-order valence-corrected chi connectivity index (χ3v) is 6.17. The fourth-order valence-corrected chi connectivity index (χ4v) is 4.82. The molecule has 0 aromatic heterocycles. The second-order valence-electron chi connectivity index (χ2n) is 7.30. The molecule has 2 saturated carbocycles. The van der Waals surface area contributed by atoms with Crippen molar-refractivity contribution in [1.29, 1.82) is 0 Å². The lowest BCUT2D eigenvalue weighted by atomic mass is 9.59. The monoisotopic (exact) mass is 304 g/mol. The van der Waals surface area contributed by atoms with E-state index >= 15 is 0 Å². The summed E-state index contributed by atoms with van der Waals surface area (Å²) in [5, 5.41) is 0. The van der Waals surface area contributed by atoms with Crippen molar-refractivity contribution < 1.29 is 19.2 Å². The SMILES string of the molecule is CC1CCC(N2C(=O)C3C4C(=O)N(C)C(=O)C4C3C2=O)CC1.